The fourth-order valence-electron chi connectivity index (χ4n) is 2.41. The second-order valence-electron chi connectivity index (χ2n) is 4.98. The SMILES string of the molecule is COC1CN(CCCCCCO)CCC1C. The van der Waals surface area contributed by atoms with Crippen molar-refractivity contribution < 1.29 is 9.84 Å². The molecule has 1 aliphatic heterocycles. The molecule has 1 heterocycles. The average molecular weight is 229 g/mol. The maximum atomic E-state index is 8.68. The Morgan fingerprint density at radius 2 is 2.00 bits per heavy atom. The molecule has 0 aromatic carbocycles. The van der Waals surface area contributed by atoms with Crippen molar-refractivity contribution >= 4 is 0 Å². The molecule has 96 valence electrons. The molecule has 1 rings (SSSR count). The van der Waals surface area contributed by atoms with Gasteiger partial charge in [-0.2, -0.15) is 0 Å². The molecular formula is C13H27NO2. The van der Waals surface area contributed by atoms with Gasteiger partial charge in [0.05, 0.1) is 6.10 Å². The van der Waals surface area contributed by atoms with Crippen molar-refractivity contribution in [1.29, 1.82) is 0 Å². The average Bonchev–Trinajstić information content (AvgIpc) is 2.31. The third-order valence-corrected chi connectivity index (χ3v) is 3.66. The van der Waals surface area contributed by atoms with Crippen LogP contribution in [0.4, 0.5) is 0 Å². The highest BCUT2D eigenvalue weighted by molar-refractivity contribution is 4.78. The summed E-state index contributed by atoms with van der Waals surface area (Å²) in [5.41, 5.74) is 0. The number of hydrogen-bond acceptors (Lipinski definition) is 3. The van der Waals surface area contributed by atoms with Crippen molar-refractivity contribution in [3.8, 4) is 0 Å². The Morgan fingerprint density at radius 3 is 2.69 bits per heavy atom. The summed E-state index contributed by atoms with van der Waals surface area (Å²) in [6, 6.07) is 0. The lowest BCUT2D eigenvalue weighted by Gasteiger charge is -2.36. The van der Waals surface area contributed by atoms with Crippen molar-refractivity contribution in [2.45, 2.75) is 45.1 Å². The summed E-state index contributed by atoms with van der Waals surface area (Å²) in [5, 5.41) is 8.68. The van der Waals surface area contributed by atoms with Gasteiger partial charge in [0.2, 0.25) is 0 Å². The molecular weight excluding hydrogens is 202 g/mol. The summed E-state index contributed by atoms with van der Waals surface area (Å²) in [7, 11) is 1.83. The minimum absolute atomic E-state index is 0.340. The van der Waals surface area contributed by atoms with Crippen LogP contribution in [-0.2, 0) is 4.74 Å². The minimum atomic E-state index is 0.340. The quantitative estimate of drug-likeness (QED) is 0.677. The molecule has 0 amide bonds. The summed E-state index contributed by atoms with van der Waals surface area (Å²) in [4.78, 5) is 2.52. The fourth-order valence-corrected chi connectivity index (χ4v) is 2.41. The van der Waals surface area contributed by atoms with Gasteiger partial charge >= 0.3 is 0 Å². The van der Waals surface area contributed by atoms with E-state index in [0.717, 1.165) is 19.4 Å². The van der Waals surface area contributed by atoms with Gasteiger partial charge in [0.15, 0.2) is 0 Å². The monoisotopic (exact) mass is 229 g/mol. The first-order chi connectivity index (χ1) is 7.77. The van der Waals surface area contributed by atoms with Crippen molar-refractivity contribution in [1.82, 2.24) is 4.90 Å². The summed E-state index contributed by atoms with van der Waals surface area (Å²) >= 11 is 0. The standard InChI is InChI=1S/C13H27NO2/c1-12-7-9-14(11-13(12)16-2)8-5-3-4-6-10-15/h12-13,15H,3-11H2,1-2H3. The van der Waals surface area contributed by atoms with Crippen LogP contribution >= 0.6 is 0 Å². The predicted octanol–water partition coefficient (Wildman–Crippen LogP) is 1.90. The summed E-state index contributed by atoms with van der Waals surface area (Å²) in [6.45, 7) is 6.14. The first-order valence-electron chi connectivity index (χ1n) is 6.64. The number of rotatable bonds is 7. The molecule has 0 spiro atoms. The van der Waals surface area contributed by atoms with E-state index in [1.165, 1.54) is 32.4 Å². The van der Waals surface area contributed by atoms with Crippen molar-refractivity contribution in [3.63, 3.8) is 0 Å². The molecule has 3 heteroatoms. The highest BCUT2D eigenvalue weighted by Crippen LogP contribution is 2.19. The zero-order valence-corrected chi connectivity index (χ0v) is 10.8. The van der Waals surface area contributed by atoms with Crippen LogP contribution in [-0.4, -0.2) is 49.5 Å². The lowest BCUT2D eigenvalue weighted by molar-refractivity contribution is -0.00527. The normalized spacial score (nSPS) is 27.2. The van der Waals surface area contributed by atoms with Crippen molar-refractivity contribution in [2.24, 2.45) is 5.92 Å². The molecule has 1 N–H and O–H groups in total. The van der Waals surface area contributed by atoms with E-state index >= 15 is 0 Å². The number of aliphatic hydroxyl groups excluding tert-OH is 1. The first-order valence-corrected chi connectivity index (χ1v) is 6.64. The van der Waals surface area contributed by atoms with E-state index < -0.39 is 0 Å². The fraction of sp³-hybridized carbons (Fsp3) is 1.00. The van der Waals surface area contributed by atoms with Crippen LogP contribution < -0.4 is 0 Å². The Kier molecular flexibility index (Phi) is 7.01. The molecule has 3 nitrogen and oxygen atoms in total. The zero-order chi connectivity index (χ0) is 11.8. The van der Waals surface area contributed by atoms with E-state index in [4.69, 9.17) is 9.84 Å². The van der Waals surface area contributed by atoms with E-state index in [9.17, 15) is 0 Å². The van der Waals surface area contributed by atoms with Gasteiger partial charge in [-0.15, -0.1) is 0 Å². The maximum absolute atomic E-state index is 8.68. The number of piperidine rings is 1. The molecule has 1 aliphatic rings. The summed E-state index contributed by atoms with van der Waals surface area (Å²) in [5.74, 6) is 0.704. The molecule has 0 bridgehead atoms. The van der Waals surface area contributed by atoms with E-state index in [2.05, 4.69) is 11.8 Å². The Hall–Kier alpha value is -0.120. The highest BCUT2D eigenvalue weighted by Gasteiger charge is 2.25. The van der Waals surface area contributed by atoms with Crippen LogP contribution in [0.5, 0.6) is 0 Å². The third-order valence-electron chi connectivity index (χ3n) is 3.66. The Labute approximate surface area is 99.8 Å². The molecule has 16 heavy (non-hydrogen) atoms. The van der Waals surface area contributed by atoms with Gasteiger partial charge in [-0.1, -0.05) is 19.8 Å². The summed E-state index contributed by atoms with van der Waals surface area (Å²) in [6.07, 6.45) is 6.29. The van der Waals surface area contributed by atoms with Gasteiger partial charge in [-0.25, -0.2) is 0 Å². The number of unbranched alkanes of at least 4 members (excludes halogenated alkanes) is 3. The minimum Gasteiger partial charge on any atom is -0.396 e. The van der Waals surface area contributed by atoms with Gasteiger partial charge in [0.1, 0.15) is 0 Å². The van der Waals surface area contributed by atoms with E-state index in [0.29, 0.717) is 18.6 Å². The van der Waals surface area contributed by atoms with Gasteiger partial charge < -0.3 is 14.7 Å². The number of likely N-dealkylation sites (tertiary alicyclic amines) is 1. The first kappa shape index (κ1) is 13.9. The largest absolute Gasteiger partial charge is 0.396 e. The Balaban J connectivity index is 2.08. The predicted molar refractivity (Wildman–Crippen MR) is 66.6 cm³/mol. The molecule has 1 fully saturated rings. The molecule has 2 unspecified atom stereocenters. The molecule has 1 saturated heterocycles. The van der Waals surface area contributed by atoms with Crippen LogP contribution in [0.1, 0.15) is 39.0 Å². The van der Waals surface area contributed by atoms with E-state index in [1.807, 2.05) is 7.11 Å². The molecule has 0 aliphatic carbocycles. The number of aliphatic hydroxyl groups is 1. The molecule has 0 aromatic rings. The van der Waals surface area contributed by atoms with Crippen molar-refractivity contribution in [2.75, 3.05) is 33.4 Å². The second-order valence-corrected chi connectivity index (χ2v) is 4.98. The van der Waals surface area contributed by atoms with Gasteiger partial charge in [0.25, 0.3) is 0 Å². The van der Waals surface area contributed by atoms with E-state index in [1.54, 1.807) is 0 Å². The Morgan fingerprint density at radius 1 is 1.25 bits per heavy atom. The second kappa shape index (κ2) is 8.04. The van der Waals surface area contributed by atoms with Gasteiger partial charge in [-0.05, 0) is 38.3 Å². The Bertz CT molecular complexity index is 175. The van der Waals surface area contributed by atoms with Crippen LogP contribution in [0.25, 0.3) is 0 Å². The number of methoxy groups -OCH3 is 1. The van der Waals surface area contributed by atoms with Crippen molar-refractivity contribution in [3.05, 3.63) is 0 Å². The number of nitrogens with zero attached hydrogens (tertiary/aromatic N) is 1. The molecule has 0 aromatic heterocycles. The lowest BCUT2D eigenvalue weighted by atomic mass is 9.95. The summed E-state index contributed by atoms with van der Waals surface area (Å²) < 4.78 is 5.50. The van der Waals surface area contributed by atoms with Gasteiger partial charge in [0, 0.05) is 20.3 Å². The van der Waals surface area contributed by atoms with Crippen LogP contribution in [0.15, 0.2) is 0 Å². The number of ether oxygens (including phenoxy) is 1. The van der Waals surface area contributed by atoms with Crippen LogP contribution in [0.3, 0.4) is 0 Å². The topological polar surface area (TPSA) is 32.7 Å². The lowest BCUT2D eigenvalue weighted by Crippen LogP contribution is -2.44. The van der Waals surface area contributed by atoms with Gasteiger partial charge in [-0.3, -0.25) is 0 Å². The van der Waals surface area contributed by atoms with E-state index in [-0.39, 0.29) is 0 Å². The maximum Gasteiger partial charge on any atom is 0.0724 e. The molecule has 2 atom stereocenters. The number of hydrogen-bond donors (Lipinski definition) is 1. The molecule has 0 saturated carbocycles. The van der Waals surface area contributed by atoms with Crippen LogP contribution in [0, 0.1) is 5.92 Å². The highest BCUT2D eigenvalue weighted by atomic mass is 16.5. The zero-order valence-electron chi connectivity index (χ0n) is 10.8. The third kappa shape index (κ3) is 4.81. The molecule has 0 radical (unpaired) electrons. The smallest absolute Gasteiger partial charge is 0.0724 e. The van der Waals surface area contributed by atoms with Crippen LogP contribution in [0.2, 0.25) is 0 Å².